The van der Waals surface area contributed by atoms with Crippen LogP contribution in [0.3, 0.4) is 0 Å². The fourth-order valence-electron chi connectivity index (χ4n) is 6.11. The van der Waals surface area contributed by atoms with Crippen LogP contribution in [-0.4, -0.2) is 74.3 Å². The molecule has 11 heteroatoms. The van der Waals surface area contributed by atoms with Crippen LogP contribution in [-0.2, 0) is 38.7 Å². The fourth-order valence-corrected chi connectivity index (χ4v) is 6.92. The van der Waals surface area contributed by atoms with E-state index in [1.54, 1.807) is 11.3 Å². The zero-order chi connectivity index (χ0) is 32.5. The second kappa shape index (κ2) is 13.1. The average Bonchev–Trinajstić information content (AvgIpc) is 3.62. The zero-order valence-corrected chi connectivity index (χ0v) is 27.2. The van der Waals surface area contributed by atoms with E-state index >= 15 is 0 Å². The summed E-state index contributed by atoms with van der Waals surface area (Å²) in [5, 5.41) is 16.4. The zero-order valence-electron chi connectivity index (χ0n) is 26.4. The Hall–Kier alpha value is -4.09. The van der Waals surface area contributed by atoms with Crippen LogP contribution in [0.15, 0.2) is 54.0 Å². The molecule has 3 aromatic rings. The quantitative estimate of drug-likeness (QED) is 0.367. The van der Waals surface area contributed by atoms with Gasteiger partial charge in [-0.2, -0.15) is 0 Å². The number of nitrogens with zero attached hydrogens (tertiary/aromatic N) is 3. The van der Waals surface area contributed by atoms with Crippen LogP contribution >= 0.6 is 11.3 Å². The highest BCUT2D eigenvalue weighted by Gasteiger charge is 2.45. The normalized spacial score (nSPS) is 20.4. The molecule has 10 nitrogen and oxygen atoms in total. The van der Waals surface area contributed by atoms with Gasteiger partial charge in [0.2, 0.25) is 23.6 Å². The minimum Gasteiger partial charge on any atom is -0.391 e. The van der Waals surface area contributed by atoms with Crippen LogP contribution in [0.2, 0.25) is 0 Å². The van der Waals surface area contributed by atoms with Gasteiger partial charge in [0.15, 0.2) is 0 Å². The smallest absolute Gasteiger partial charge is 0.246 e. The third-order valence-corrected chi connectivity index (χ3v) is 9.63. The summed E-state index contributed by atoms with van der Waals surface area (Å²) in [5.74, 6) is -1.46. The molecule has 3 N–H and O–H groups in total. The Labute approximate surface area is 267 Å². The monoisotopic (exact) mass is 631 g/mol. The number of carbonyl (C=O) groups is 4. The Morgan fingerprint density at radius 1 is 1.00 bits per heavy atom. The van der Waals surface area contributed by atoms with E-state index < -0.39 is 41.5 Å². The number of β-amino-alcohol motifs (C(OH)–C–C–N with tert-alkyl or cyclic N) is 1. The molecule has 0 unspecified atom stereocenters. The summed E-state index contributed by atoms with van der Waals surface area (Å²) in [6, 6.07) is 12.9. The van der Waals surface area contributed by atoms with Crippen LogP contribution < -0.4 is 10.6 Å². The van der Waals surface area contributed by atoms with E-state index in [4.69, 9.17) is 0 Å². The minimum absolute atomic E-state index is 0.0152. The lowest BCUT2D eigenvalue weighted by atomic mass is 9.85. The number of aliphatic hydroxyl groups excluding tert-OH is 1. The molecule has 0 spiro atoms. The Kier molecular flexibility index (Phi) is 9.41. The highest BCUT2D eigenvalue weighted by molar-refractivity contribution is 7.13. The summed E-state index contributed by atoms with van der Waals surface area (Å²) in [7, 11) is 0. The van der Waals surface area contributed by atoms with Gasteiger partial charge in [-0.15, -0.1) is 11.3 Å². The Balaban J connectivity index is 1.28. The first-order valence-corrected chi connectivity index (χ1v) is 16.1. The molecule has 4 amide bonds. The van der Waals surface area contributed by atoms with Crippen LogP contribution in [0.5, 0.6) is 0 Å². The summed E-state index contributed by atoms with van der Waals surface area (Å²) in [4.78, 5) is 62.1. The van der Waals surface area contributed by atoms with Crippen molar-refractivity contribution in [3.63, 3.8) is 0 Å². The number of aliphatic hydroxyl groups is 1. The number of thiazole rings is 1. The molecule has 0 aliphatic carbocycles. The number of aryl methyl sites for hydroxylation is 1. The van der Waals surface area contributed by atoms with Gasteiger partial charge in [0.1, 0.15) is 18.1 Å². The van der Waals surface area contributed by atoms with Crippen LogP contribution in [0, 0.1) is 12.3 Å². The number of fused-ring (bicyclic) bond motifs is 1. The van der Waals surface area contributed by atoms with Crippen molar-refractivity contribution >= 4 is 35.0 Å². The van der Waals surface area contributed by atoms with Gasteiger partial charge in [0.05, 0.1) is 22.2 Å². The molecule has 5 rings (SSSR count). The van der Waals surface area contributed by atoms with Gasteiger partial charge in [0, 0.05) is 39.4 Å². The topological polar surface area (TPSA) is 132 Å². The summed E-state index contributed by atoms with van der Waals surface area (Å²) < 4.78 is 0. The first-order valence-electron chi connectivity index (χ1n) is 15.2. The van der Waals surface area contributed by atoms with Gasteiger partial charge in [-0.25, -0.2) is 4.98 Å². The third kappa shape index (κ3) is 7.10. The van der Waals surface area contributed by atoms with Gasteiger partial charge < -0.3 is 25.5 Å². The van der Waals surface area contributed by atoms with Crippen molar-refractivity contribution in [3.8, 4) is 10.4 Å². The number of nitrogens with one attached hydrogen (secondary N) is 2. The van der Waals surface area contributed by atoms with Gasteiger partial charge in [-0.05, 0) is 34.6 Å². The number of aromatic nitrogens is 1. The molecule has 2 aliphatic rings. The minimum atomic E-state index is -0.987. The SMILES string of the molecule is CC(=O)N1Cc2ccccc2C[C@H]1C(=O)N[C@H](C(=O)N1C[C@H](O)C[C@H]1C(=O)NCc1ccc(-c2scnc2C)cc1)C(C)(C)C. The molecule has 3 heterocycles. The van der Waals surface area contributed by atoms with E-state index in [-0.39, 0.29) is 31.3 Å². The van der Waals surface area contributed by atoms with Crippen molar-refractivity contribution in [1.82, 2.24) is 25.4 Å². The van der Waals surface area contributed by atoms with Crippen LogP contribution in [0.25, 0.3) is 10.4 Å². The summed E-state index contributed by atoms with van der Waals surface area (Å²) in [6.45, 7) is 9.49. The molecule has 2 aromatic carbocycles. The van der Waals surface area contributed by atoms with E-state index in [0.717, 1.165) is 32.8 Å². The van der Waals surface area contributed by atoms with E-state index in [0.29, 0.717) is 13.0 Å². The van der Waals surface area contributed by atoms with Crippen molar-refractivity contribution in [3.05, 3.63) is 76.4 Å². The average molecular weight is 632 g/mol. The van der Waals surface area contributed by atoms with E-state index in [9.17, 15) is 24.3 Å². The number of benzene rings is 2. The second-order valence-electron chi connectivity index (χ2n) is 13.0. The van der Waals surface area contributed by atoms with E-state index in [1.807, 2.05) is 81.7 Å². The standard InChI is InChI=1S/C34H41N5O5S/c1-20-29(45-19-36-20)23-12-10-22(11-13-23)16-35-31(42)28-15-26(41)18-39(28)33(44)30(34(3,4)5)37-32(43)27-14-24-8-6-7-9-25(24)17-38(27)21(2)40/h6-13,19,26-28,30,41H,14-18H2,1-5H3,(H,35,42)(H,37,43)/t26-,27+,28+,30-/m1/s1. The molecule has 0 radical (unpaired) electrons. The van der Waals surface area contributed by atoms with Crippen LogP contribution in [0.4, 0.5) is 0 Å². The van der Waals surface area contributed by atoms with Gasteiger partial charge in [-0.3, -0.25) is 19.2 Å². The Morgan fingerprint density at radius 3 is 2.31 bits per heavy atom. The largest absolute Gasteiger partial charge is 0.391 e. The summed E-state index contributed by atoms with van der Waals surface area (Å²) in [5.41, 5.74) is 6.00. The number of hydrogen-bond acceptors (Lipinski definition) is 7. The fraction of sp³-hybridized carbons (Fsp3) is 0.441. The highest BCUT2D eigenvalue weighted by Crippen LogP contribution is 2.29. The van der Waals surface area contributed by atoms with Crippen molar-refractivity contribution in [2.24, 2.45) is 5.41 Å². The third-order valence-electron chi connectivity index (χ3n) is 8.65. The molecule has 45 heavy (non-hydrogen) atoms. The lowest BCUT2D eigenvalue weighted by molar-refractivity contribution is -0.146. The van der Waals surface area contributed by atoms with Crippen LogP contribution in [0.1, 0.15) is 56.5 Å². The molecular weight excluding hydrogens is 590 g/mol. The number of carbonyl (C=O) groups excluding carboxylic acids is 4. The number of amides is 4. The maximum atomic E-state index is 14.1. The van der Waals surface area contributed by atoms with E-state index in [2.05, 4.69) is 15.6 Å². The van der Waals surface area contributed by atoms with Crippen molar-refractivity contribution in [1.29, 1.82) is 0 Å². The molecule has 1 saturated heterocycles. The summed E-state index contributed by atoms with van der Waals surface area (Å²) >= 11 is 1.58. The Bertz CT molecular complexity index is 1580. The molecule has 4 atom stereocenters. The lowest BCUT2D eigenvalue weighted by Gasteiger charge is -2.39. The molecule has 0 saturated carbocycles. The predicted octanol–water partition coefficient (Wildman–Crippen LogP) is 3.20. The van der Waals surface area contributed by atoms with Gasteiger partial charge >= 0.3 is 0 Å². The molecular formula is C34H41N5O5S. The van der Waals surface area contributed by atoms with Crippen molar-refractivity contribution in [2.45, 2.75) is 84.8 Å². The molecule has 238 valence electrons. The Morgan fingerprint density at radius 2 is 1.69 bits per heavy atom. The number of rotatable bonds is 7. The van der Waals surface area contributed by atoms with Gasteiger partial charge in [0.25, 0.3) is 0 Å². The second-order valence-corrected chi connectivity index (χ2v) is 13.9. The summed E-state index contributed by atoms with van der Waals surface area (Å²) in [6.07, 6.45) is -0.431. The molecule has 1 fully saturated rings. The maximum absolute atomic E-state index is 14.1. The molecule has 2 aliphatic heterocycles. The molecule has 0 bridgehead atoms. The van der Waals surface area contributed by atoms with Crippen molar-refractivity contribution in [2.75, 3.05) is 6.54 Å². The van der Waals surface area contributed by atoms with Gasteiger partial charge in [-0.1, -0.05) is 69.3 Å². The lowest BCUT2D eigenvalue weighted by Crippen LogP contribution is -2.61. The number of hydrogen-bond donors (Lipinski definition) is 3. The first kappa shape index (κ1) is 32.3. The van der Waals surface area contributed by atoms with Crippen molar-refractivity contribution < 1.29 is 24.3 Å². The highest BCUT2D eigenvalue weighted by atomic mass is 32.1. The number of likely N-dealkylation sites (tertiary alicyclic amines) is 1. The predicted molar refractivity (Wildman–Crippen MR) is 172 cm³/mol. The maximum Gasteiger partial charge on any atom is 0.246 e. The van der Waals surface area contributed by atoms with E-state index in [1.165, 1.54) is 16.7 Å². The molecule has 1 aromatic heterocycles. The first-order chi connectivity index (χ1) is 21.3.